The molecule has 4 heteroatoms. The van der Waals surface area contributed by atoms with Crippen LogP contribution in [0.2, 0.25) is 0 Å². The lowest BCUT2D eigenvalue weighted by molar-refractivity contribution is -0.123. The third-order valence-electron chi connectivity index (χ3n) is 5.24. The van der Waals surface area contributed by atoms with Gasteiger partial charge in [-0.2, -0.15) is 0 Å². The van der Waals surface area contributed by atoms with Crippen LogP contribution in [0.5, 0.6) is 5.75 Å². The molecule has 0 saturated carbocycles. The molecule has 27 heavy (non-hydrogen) atoms. The van der Waals surface area contributed by atoms with Crippen LogP contribution in [-0.4, -0.2) is 37.0 Å². The van der Waals surface area contributed by atoms with Gasteiger partial charge < -0.3 is 10.1 Å². The van der Waals surface area contributed by atoms with E-state index in [1.807, 2.05) is 24.3 Å². The Morgan fingerprint density at radius 3 is 2.37 bits per heavy atom. The molecule has 2 aromatic carbocycles. The highest BCUT2D eigenvalue weighted by atomic mass is 16.5. The average molecular weight is 367 g/mol. The maximum Gasteiger partial charge on any atom is 0.258 e. The molecule has 2 aromatic rings. The van der Waals surface area contributed by atoms with Gasteiger partial charge in [-0.05, 0) is 62.5 Å². The zero-order valence-corrected chi connectivity index (χ0v) is 16.4. The largest absolute Gasteiger partial charge is 0.484 e. The highest BCUT2D eigenvalue weighted by Crippen LogP contribution is 2.25. The van der Waals surface area contributed by atoms with Gasteiger partial charge in [0.15, 0.2) is 6.61 Å². The van der Waals surface area contributed by atoms with Crippen molar-refractivity contribution in [2.45, 2.75) is 39.2 Å². The Bertz CT molecular complexity index is 719. The van der Waals surface area contributed by atoms with Crippen LogP contribution in [0.1, 0.15) is 42.5 Å². The van der Waals surface area contributed by atoms with Crippen LogP contribution in [0.3, 0.4) is 0 Å². The topological polar surface area (TPSA) is 41.6 Å². The summed E-state index contributed by atoms with van der Waals surface area (Å²) in [6.07, 6.45) is 3.46. The van der Waals surface area contributed by atoms with Crippen molar-refractivity contribution in [3.63, 3.8) is 0 Å². The van der Waals surface area contributed by atoms with Gasteiger partial charge in [0.25, 0.3) is 5.91 Å². The molecule has 1 saturated heterocycles. The minimum atomic E-state index is -0.0779. The van der Waals surface area contributed by atoms with Crippen molar-refractivity contribution in [2.24, 2.45) is 0 Å². The number of amides is 1. The minimum absolute atomic E-state index is 0.0477. The number of benzene rings is 2. The molecular formula is C23H30N2O2. The van der Waals surface area contributed by atoms with Gasteiger partial charge in [-0.3, -0.25) is 9.69 Å². The fraction of sp³-hybridized carbons (Fsp3) is 0.435. The third kappa shape index (κ3) is 5.57. The lowest BCUT2D eigenvalue weighted by Gasteiger charge is -2.28. The maximum atomic E-state index is 12.3. The predicted molar refractivity (Wildman–Crippen MR) is 109 cm³/mol. The zero-order chi connectivity index (χ0) is 19.1. The summed E-state index contributed by atoms with van der Waals surface area (Å²) in [5.41, 5.74) is 3.78. The van der Waals surface area contributed by atoms with Crippen molar-refractivity contribution in [2.75, 3.05) is 26.2 Å². The molecule has 0 radical (unpaired) electrons. The summed E-state index contributed by atoms with van der Waals surface area (Å²) < 4.78 is 5.62. The minimum Gasteiger partial charge on any atom is -0.484 e. The van der Waals surface area contributed by atoms with E-state index in [0.717, 1.165) is 25.3 Å². The van der Waals surface area contributed by atoms with Crippen molar-refractivity contribution >= 4 is 5.91 Å². The number of rotatable bonds is 8. The normalized spacial score (nSPS) is 15.5. The van der Waals surface area contributed by atoms with Gasteiger partial charge in [-0.25, -0.2) is 0 Å². The highest BCUT2D eigenvalue weighted by Gasteiger charge is 2.23. The second kappa shape index (κ2) is 9.56. The van der Waals surface area contributed by atoms with E-state index >= 15 is 0 Å². The second-order valence-corrected chi connectivity index (χ2v) is 7.26. The van der Waals surface area contributed by atoms with E-state index in [4.69, 9.17) is 4.74 Å². The van der Waals surface area contributed by atoms with E-state index in [-0.39, 0.29) is 18.6 Å². The van der Waals surface area contributed by atoms with E-state index in [9.17, 15) is 4.79 Å². The number of nitrogens with zero attached hydrogens (tertiary/aromatic N) is 1. The van der Waals surface area contributed by atoms with Crippen LogP contribution in [-0.2, 0) is 11.2 Å². The zero-order valence-electron chi connectivity index (χ0n) is 16.4. The van der Waals surface area contributed by atoms with Crippen molar-refractivity contribution in [1.82, 2.24) is 10.2 Å². The molecule has 1 fully saturated rings. The molecule has 0 spiro atoms. The SMILES string of the molecule is CCc1ccc(OCC(=O)NC[C@@H](c2ccc(C)cc2)N2CCCC2)cc1. The maximum absolute atomic E-state index is 12.3. The summed E-state index contributed by atoms with van der Waals surface area (Å²) in [7, 11) is 0. The molecule has 1 atom stereocenters. The Morgan fingerprint density at radius 2 is 1.74 bits per heavy atom. The van der Waals surface area contributed by atoms with Crippen molar-refractivity contribution in [3.05, 3.63) is 65.2 Å². The molecule has 1 aliphatic rings. The first-order valence-electron chi connectivity index (χ1n) is 9.95. The standard InChI is InChI=1S/C23H30N2O2/c1-3-19-8-12-21(13-9-19)27-17-23(26)24-16-22(25-14-4-5-15-25)20-10-6-18(2)7-11-20/h6-13,22H,3-5,14-17H2,1-2H3,(H,24,26)/t22-/m0/s1. The fourth-order valence-electron chi connectivity index (χ4n) is 3.53. The van der Waals surface area contributed by atoms with Gasteiger partial charge in [0.2, 0.25) is 0 Å². The predicted octanol–water partition coefficient (Wildman–Crippen LogP) is 3.89. The Labute approximate surface area is 162 Å². The molecule has 1 amide bonds. The summed E-state index contributed by atoms with van der Waals surface area (Å²) in [4.78, 5) is 14.8. The Kier molecular flexibility index (Phi) is 6.88. The van der Waals surface area contributed by atoms with E-state index < -0.39 is 0 Å². The number of nitrogens with one attached hydrogen (secondary N) is 1. The van der Waals surface area contributed by atoms with Gasteiger partial charge in [0.05, 0.1) is 6.04 Å². The Balaban J connectivity index is 1.54. The summed E-state index contributed by atoms with van der Waals surface area (Å²) in [5, 5.41) is 3.06. The monoisotopic (exact) mass is 366 g/mol. The van der Waals surface area contributed by atoms with E-state index in [1.54, 1.807) is 0 Å². The van der Waals surface area contributed by atoms with Gasteiger partial charge in [0.1, 0.15) is 5.75 Å². The summed E-state index contributed by atoms with van der Waals surface area (Å²) in [5.74, 6) is 0.655. The molecule has 144 valence electrons. The Hall–Kier alpha value is -2.33. The van der Waals surface area contributed by atoms with E-state index in [2.05, 4.69) is 48.3 Å². The molecule has 1 heterocycles. The first-order chi connectivity index (χ1) is 13.2. The van der Waals surface area contributed by atoms with Crippen molar-refractivity contribution in [1.29, 1.82) is 0 Å². The number of likely N-dealkylation sites (tertiary alicyclic amines) is 1. The Morgan fingerprint density at radius 1 is 1.07 bits per heavy atom. The molecule has 0 aliphatic carbocycles. The first-order valence-corrected chi connectivity index (χ1v) is 9.95. The van der Waals surface area contributed by atoms with Gasteiger partial charge in [-0.15, -0.1) is 0 Å². The van der Waals surface area contributed by atoms with Gasteiger partial charge in [-0.1, -0.05) is 48.9 Å². The van der Waals surface area contributed by atoms with Crippen molar-refractivity contribution in [3.8, 4) is 5.75 Å². The highest BCUT2D eigenvalue weighted by molar-refractivity contribution is 5.77. The fourth-order valence-corrected chi connectivity index (χ4v) is 3.53. The molecule has 0 aromatic heterocycles. The number of hydrogen-bond acceptors (Lipinski definition) is 3. The summed E-state index contributed by atoms with van der Waals surface area (Å²) in [6.45, 7) is 7.06. The van der Waals surface area contributed by atoms with Crippen LogP contribution in [0.15, 0.2) is 48.5 Å². The second-order valence-electron chi connectivity index (χ2n) is 7.26. The molecule has 1 N–H and O–H groups in total. The molecule has 0 unspecified atom stereocenters. The van der Waals surface area contributed by atoms with Crippen LogP contribution in [0.25, 0.3) is 0 Å². The lowest BCUT2D eigenvalue weighted by Crippen LogP contribution is -2.38. The van der Waals surface area contributed by atoms with Crippen LogP contribution < -0.4 is 10.1 Å². The molecule has 3 rings (SSSR count). The van der Waals surface area contributed by atoms with E-state index in [0.29, 0.717) is 6.54 Å². The average Bonchev–Trinajstić information content (AvgIpc) is 3.23. The first kappa shape index (κ1) is 19.4. The molecule has 0 bridgehead atoms. The van der Waals surface area contributed by atoms with Crippen molar-refractivity contribution < 1.29 is 9.53 Å². The third-order valence-corrected chi connectivity index (χ3v) is 5.24. The van der Waals surface area contributed by atoms with Gasteiger partial charge in [0, 0.05) is 6.54 Å². The number of hydrogen-bond donors (Lipinski definition) is 1. The van der Waals surface area contributed by atoms with Crippen LogP contribution in [0, 0.1) is 6.92 Å². The van der Waals surface area contributed by atoms with Crippen LogP contribution >= 0.6 is 0 Å². The molecule has 1 aliphatic heterocycles. The summed E-state index contributed by atoms with van der Waals surface area (Å²) >= 11 is 0. The number of carbonyl (C=O) groups is 1. The smallest absolute Gasteiger partial charge is 0.258 e. The van der Waals surface area contributed by atoms with E-state index in [1.165, 1.54) is 29.5 Å². The number of ether oxygens (including phenoxy) is 1. The van der Waals surface area contributed by atoms with Gasteiger partial charge >= 0.3 is 0 Å². The number of carbonyl (C=O) groups excluding carboxylic acids is 1. The van der Waals surface area contributed by atoms with Crippen LogP contribution in [0.4, 0.5) is 0 Å². The summed E-state index contributed by atoms with van der Waals surface area (Å²) in [6, 6.07) is 16.8. The molecular weight excluding hydrogens is 336 g/mol. The quantitative estimate of drug-likeness (QED) is 0.771. The molecule has 4 nitrogen and oxygen atoms in total. The number of aryl methyl sites for hydroxylation is 2. The lowest BCUT2D eigenvalue weighted by atomic mass is 10.0.